The van der Waals surface area contributed by atoms with Crippen LogP contribution in [0.15, 0.2) is 42.7 Å². The second-order valence-electron chi connectivity index (χ2n) is 5.94. The summed E-state index contributed by atoms with van der Waals surface area (Å²) in [6, 6.07) is 9.08. The minimum absolute atomic E-state index is 0.0227. The number of aromatic nitrogens is 1. The number of fused-ring (bicyclic) bond motifs is 1. The molecule has 6 nitrogen and oxygen atoms in total. The SMILES string of the molecule is O=C(NO)c1ccc2c(c1)CC(C(=O)NCc1ccncc1)CC2. The zero-order valence-corrected chi connectivity index (χ0v) is 13.2. The number of carbonyl (C=O) groups is 2. The van der Waals surface area contributed by atoms with E-state index in [1.54, 1.807) is 30.0 Å². The van der Waals surface area contributed by atoms with E-state index in [2.05, 4.69) is 10.3 Å². The van der Waals surface area contributed by atoms with Crippen molar-refractivity contribution in [1.82, 2.24) is 15.8 Å². The highest BCUT2D eigenvalue weighted by Crippen LogP contribution is 2.26. The van der Waals surface area contributed by atoms with E-state index in [0.717, 1.165) is 29.5 Å². The van der Waals surface area contributed by atoms with Gasteiger partial charge in [-0.25, -0.2) is 5.48 Å². The molecule has 1 aliphatic carbocycles. The molecule has 2 amide bonds. The molecule has 0 fully saturated rings. The third-order valence-corrected chi connectivity index (χ3v) is 4.39. The first-order chi connectivity index (χ1) is 11.7. The van der Waals surface area contributed by atoms with Crippen LogP contribution in [0.1, 0.15) is 33.5 Å². The lowest BCUT2D eigenvalue weighted by molar-refractivity contribution is -0.125. The Labute approximate surface area is 139 Å². The molecule has 0 bridgehead atoms. The molecule has 1 aromatic heterocycles. The summed E-state index contributed by atoms with van der Waals surface area (Å²) in [4.78, 5) is 27.9. The highest BCUT2D eigenvalue weighted by Gasteiger charge is 2.25. The summed E-state index contributed by atoms with van der Waals surface area (Å²) < 4.78 is 0. The third-order valence-electron chi connectivity index (χ3n) is 4.39. The summed E-state index contributed by atoms with van der Waals surface area (Å²) in [7, 11) is 0. The van der Waals surface area contributed by atoms with E-state index in [9.17, 15) is 9.59 Å². The van der Waals surface area contributed by atoms with Gasteiger partial charge in [0, 0.05) is 30.4 Å². The van der Waals surface area contributed by atoms with Crippen LogP contribution in [0, 0.1) is 5.92 Å². The number of carbonyl (C=O) groups excluding carboxylic acids is 2. The fourth-order valence-corrected chi connectivity index (χ4v) is 3.02. The molecule has 0 aliphatic heterocycles. The lowest BCUT2D eigenvalue weighted by atomic mass is 9.82. The van der Waals surface area contributed by atoms with Crippen LogP contribution in [0.5, 0.6) is 0 Å². The zero-order valence-electron chi connectivity index (χ0n) is 13.2. The lowest BCUT2D eigenvalue weighted by Gasteiger charge is -2.24. The van der Waals surface area contributed by atoms with Crippen molar-refractivity contribution >= 4 is 11.8 Å². The van der Waals surface area contributed by atoms with Crippen molar-refractivity contribution in [2.75, 3.05) is 0 Å². The Balaban J connectivity index is 1.65. The largest absolute Gasteiger partial charge is 0.352 e. The normalized spacial score (nSPS) is 16.1. The summed E-state index contributed by atoms with van der Waals surface area (Å²) in [5.74, 6) is -0.622. The van der Waals surface area contributed by atoms with Gasteiger partial charge in [-0.2, -0.15) is 0 Å². The third kappa shape index (κ3) is 3.60. The topological polar surface area (TPSA) is 91.3 Å². The van der Waals surface area contributed by atoms with E-state index in [1.165, 1.54) is 0 Å². The average molecular weight is 325 g/mol. The Morgan fingerprint density at radius 2 is 1.96 bits per heavy atom. The summed E-state index contributed by atoms with van der Waals surface area (Å²) in [6.07, 6.45) is 5.60. The van der Waals surface area contributed by atoms with Crippen molar-refractivity contribution in [1.29, 1.82) is 0 Å². The van der Waals surface area contributed by atoms with Gasteiger partial charge in [-0.1, -0.05) is 6.07 Å². The van der Waals surface area contributed by atoms with E-state index in [0.29, 0.717) is 18.5 Å². The van der Waals surface area contributed by atoms with Gasteiger partial charge in [0.1, 0.15) is 0 Å². The van der Waals surface area contributed by atoms with E-state index in [4.69, 9.17) is 5.21 Å². The second kappa shape index (κ2) is 7.23. The van der Waals surface area contributed by atoms with E-state index in [-0.39, 0.29) is 11.8 Å². The van der Waals surface area contributed by atoms with Crippen molar-refractivity contribution < 1.29 is 14.8 Å². The minimum atomic E-state index is -0.540. The Morgan fingerprint density at radius 3 is 2.71 bits per heavy atom. The summed E-state index contributed by atoms with van der Waals surface area (Å²) in [5, 5.41) is 11.7. The number of pyridine rings is 1. The number of nitrogens with zero attached hydrogens (tertiary/aromatic N) is 1. The first-order valence-corrected chi connectivity index (χ1v) is 7.90. The number of hydrogen-bond acceptors (Lipinski definition) is 4. The van der Waals surface area contributed by atoms with Gasteiger partial charge in [-0.3, -0.25) is 19.8 Å². The molecule has 1 atom stereocenters. The standard InChI is InChI=1S/C18H19N3O3/c22-17(20-11-12-5-7-19-8-6-12)14-3-1-13-2-4-15(18(23)21-24)10-16(13)9-14/h2,4-8,10,14,24H,1,3,9,11H2,(H,20,22)(H,21,23). The molecule has 3 N–H and O–H groups in total. The molecule has 0 saturated heterocycles. The van der Waals surface area contributed by atoms with Crippen LogP contribution in [-0.2, 0) is 24.2 Å². The molecule has 0 spiro atoms. The van der Waals surface area contributed by atoms with Crippen molar-refractivity contribution in [3.63, 3.8) is 0 Å². The molecular formula is C18H19N3O3. The Morgan fingerprint density at radius 1 is 1.17 bits per heavy atom. The highest BCUT2D eigenvalue weighted by atomic mass is 16.5. The molecule has 1 unspecified atom stereocenters. The van der Waals surface area contributed by atoms with E-state index in [1.807, 2.05) is 18.2 Å². The summed E-state index contributed by atoms with van der Waals surface area (Å²) in [6.45, 7) is 0.484. The van der Waals surface area contributed by atoms with Crippen LogP contribution in [-0.4, -0.2) is 22.0 Å². The monoisotopic (exact) mass is 325 g/mol. The number of rotatable bonds is 4. The number of nitrogens with one attached hydrogen (secondary N) is 2. The average Bonchev–Trinajstić information content (AvgIpc) is 2.65. The predicted octanol–water partition coefficient (Wildman–Crippen LogP) is 1.62. The van der Waals surface area contributed by atoms with Gasteiger partial charge in [0.15, 0.2) is 0 Å². The minimum Gasteiger partial charge on any atom is -0.352 e. The van der Waals surface area contributed by atoms with Gasteiger partial charge in [-0.15, -0.1) is 0 Å². The summed E-state index contributed by atoms with van der Waals surface area (Å²) >= 11 is 0. The number of amides is 2. The lowest BCUT2D eigenvalue weighted by Crippen LogP contribution is -2.33. The van der Waals surface area contributed by atoms with Gasteiger partial charge in [0.05, 0.1) is 0 Å². The van der Waals surface area contributed by atoms with Crippen molar-refractivity contribution in [3.05, 3.63) is 65.0 Å². The van der Waals surface area contributed by atoms with Crippen molar-refractivity contribution in [2.45, 2.75) is 25.8 Å². The van der Waals surface area contributed by atoms with Gasteiger partial charge in [0.2, 0.25) is 5.91 Å². The number of hydroxylamine groups is 1. The van der Waals surface area contributed by atoms with Crippen molar-refractivity contribution in [2.24, 2.45) is 5.92 Å². The maximum atomic E-state index is 12.4. The molecule has 6 heteroatoms. The number of aryl methyl sites for hydroxylation is 1. The zero-order chi connectivity index (χ0) is 16.9. The predicted molar refractivity (Wildman–Crippen MR) is 87.3 cm³/mol. The fraction of sp³-hybridized carbons (Fsp3) is 0.278. The van der Waals surface area contributed by atoms with Gasteiger partial charge in [0.25, 0.3) is 5.91 Å². The quantitative estimate of drug-likeness (QED) is 0.588. The second-order valence-corrected chi connectivity index (χ2v) is 5.94. The molecule has 3 rings (SSSR count). The van der Waals surface area contributed by atoms with Crippen molar-refractivity contribution in [3.8, 4) is 0 Å². The molecule has 0 saturated carbocycles. The molecule has 0 radical (unpaired) electrons. The van der Waals surface area contributed by atoms with Crippen LogP contribution < -0.4 is 10.8 Å². The first kappa shape index (κ1) is 16.1. The number of benzene rings is 1. The van der Waals surface area contributed by atoms with Crippen LogP contribution in [0.2, 0.25) is 0 Å². The van der Waals surface area contributed by atoms with Gasteiger partial charge in [-0.05, 0) is 60.2 Å². The van der Waals surface area contributed by atoms with Crippen LogP contribution in [0.4, 0.5) is 0 Å². The first-order valence-electron chi connectivity index (χ1n) is 7.90. The Bertz CT molecular complexity index is 746. The van der Waals surface area contributed by atoms with Crippen LogP contribution >= 0.6 is 0 Å². The fourth-order valence-electron chi connectivity index (χ4n) is 3.02. The van der Waals surface area contributed by atoms with Gasteiger partial charge >= 0.3 is 0 Å². The summed E-state index contributed by atoms with van der Waals surface area (Å²) in [5.41, 5.74) is 5.19. The van der Waals surface area contributed by atoms with Crippen LogP contribution in [0.3, 0.4) is 0 Å². The van der Waals surface area contributed by atoms with Crippen LogP contribution in [0.25, 0.3) is 0 Å². The molecule has 1 heterocycles. The highest BCUT2D eigenvalue weighted by molar-refractivity contribution is 5.93. The van der Waals surface area contributed by atoms with Gasteiger partial charge < -0.3 is 5.32 Å². The molecular weight excluding hydrogens is 306 g/mol. The Hall–Kier alpha value is -2.73. The smallest absolute Gasteiger partial charge is 0.274 e. The Kier molecular flexibility index (Phi) is 4.86. The molecule has 124 valence electrons. The molecule has 24 heavy (non-hydrogen) atoms. The maximum Gasteiger partial charge on any atom is 0.274 e. The van der Waals surface area contributed by atoms with E-state index < -0.39 is 5.91 Å². The molecule has 1 aliphatic rings. The maximum absolute atomic E-state index is 12.4. The molecule has 1 aromatic carbocycles. The molecule has 2 aromatic rings. The van der Waals surface area contributed by atoms with E-state index >= 15 is 0 Å². The number of hydrogen-bond donors (Lipinski definition) is 3.